The summed E-state index contributed by atoms with van der Waals surface area (Å²) in [7, 11) is 1.69. The maximum Gasteiger partial charge on any atom is 0.409 e. The van der Waals surface area contributed by atoms with Crippen molar-refractivity contribution in [2.75, 3.05) is 46.4 Å². The molecule has 4 rings (SSSR count). The molecule has 2 saturated heterocycles. The number of benzene rings is 1. The molecule has 1 unspecified atom stereocenters. The van der Waals surface area contributed by atoms with Crippen LogP contribution in [0.3, 0.4) is 0 Å². The summed E-state index contributed by atoms with van der Waals surface area (Å²) in [6, 6.07) is 5.92. The number of carbonyl (C=O) groups is 1. The Hall–Kier alpha value is -1.46. The zero-order valence-electron chi connectivity index (χ0n) is 16.7. The van der Waals surface area contributed by atoms with E-state index in [1.165, 1.54) is 31.2 Å². The molecule has 0 N–H and O–H groups in total. The molecule has 154 valence electrons. The third kappa shape index (κ3) is 5.12. The fraction of sp³-hybridized carbons (Fsp3) is 0.682. The molecule has 2 heterocycles. The average Bonchev–Trinajstić information content (AvgIpc) is 3.52. The molecule has 1 aromatic carbocycles. The Morgan fingerprint density at radius 3 is 2.61 bits per heavy atom. The van der Waals surface area contributed by atoms with E-state index < -0.39 is 0 Å². The molecular formula is C22H31ClN2O3. The van der Waals surface area contributed by atoms with Crippen LogP contribution in [0.25, 0.3) is 0 Å². The molecule has 3 aliphatic rings. The molecule has 1 aromatic rings. The Kier molecular flexibility index (Phi) is 6.32. The maximum atomic E-state index is 12.0. The van der Waals surface area contributed by atoms with Crippen LogP contribution in [0.4, 0.5) is 4.79 Å². The molecule has 0 radical (unpaired) electrons. The predicted molar refractivity (Wildman–Crippen MR) is 110 cm³/mol. The standard InChI is InChI=1S/C22H31ClN2O3/c1-27-20-4-5-21(23)19(11-20)10-16-6-8-24(9-7-16)12-18-14-25(13-17-2-3-17)22(26)28-15-18/h4-5,11,16-18H,2-3,6-10,12-15H2,1H3. The first-order valence-corrected chi connectivity index (χ1v) is 10.9. The van der Waals surface area contributed by atoms with E-state index in [9.17, 15) is 4.79 Å². The Morgan fingerprint density at radius 1 is 1.11 bits per heavy atom. The second kappa shape index (κ2) is 8.91. The van der Waals surface area contributed by atoms with Crippen LogP contribution in [0.15, 0.2) is 18.2 Å². The van der Waals surface area contributed by atoms with Crippen LogP contribution in [0, 0.1) is 17.8 Å². The second-order valence-corrected chi connectivity index (χ2v) is 9.10. The number of carbonyl (C=O) groups excluding carboxylic acids is 1. The van der Waals surface area contributed by atoms with Gasteiger partial charge in [-0.3, -0.25) is 0 Å². The lowest BCUT2D eigenvalue weighted by Gasteiger charge is -2.38. The highest BCUT2D eigenvalue weighted by molar-refractivity contribution is 6.31. The summed E-state index contributed by atoms with van der Waals surface area (Å²) in [5.74, 6) is 2.68. The minimum atomic E-state index is -0.114. The smallest absolute Gasteiger partial charge is 0.409 e. The van der Waals surface area contributed by atoms with E-state index in [0.29, 0.717) is 24.4 Å². The van der Waals surface area contributed by atoms with Crippen molar-refractivity contribution in [3.8, 4) is 5.75 Å². The van der Waals surface area contributed by atoms with Crippen molar-refractivity contribution in [1.82, 2.24) is 9.80 Å². The van der Waals surface area contributed by atoms with Crippen LogP contribution < -0.4 is 4.74 Å². The van der Waals surface area contributed by atoms with Gasteiger partial charge in [0.05, 0.1) is 13.7 Å². The number of hydrogen-bond donors (Lipinski definition) is 0. The summed E-state index contributed by atoms with van der Waals surface area (Å²) < 4.78 is 10.8. The van der Waals surface area contributed by atoms with Gasteiger partial charge in [-0.1, -0.05) is 11.6 Å². The van der Waals surface area contributed by atoms with E-state index in [0.717, 1.165) is 49.9 Å². The van der Waals surface area contributed by atoms with Crippen molar-refractivity contribution >= 4 is 17.7 Å². The van der Waals surface area contributed by atoms with Gasteiger partial charge in [-0.25, -0.2) is 4.79 Å². The van der Waals surface area contributed by atoms with E-state index in [1.54, 1.807) is 7.11 Å². The Balaban J connectivity index is 1.23. The van der Waals surface area contributed by atoms with Crippen LogP contribution in [-0.2, 0) is 11.2 Å². The summed E-state index contributed by atoms with van der Waals surface area (Å²) in [6.45, 7) is 5.56. The highest BCUT2D eigenvalue weighted by Crippen LogP contribution is 2.31. The van der Waals surface area contributed by atoms with Crippen LogP contribution >= 0.6 is 11.6 Å². The van der Waals surface area contributed by atoms with Gasteiger partial charge in [0, 0.05) is 30.6 Å². The van der Waals surface area contributed by atoms with Gasteiger partial charge in [0.15, 0.2) is 0 Å². The number of ether oxygens (including phenoxy) is 2. The first kappa shape index (κ1) is 19.8. The zero-order valence-corrected chi connectivity index (χ0v) is 17.5. The van der Waals surface area contributed by atoms with E-state index in [2.05, 4.69) is 11.0 Å². The Morgan fingerprint density at radius 2 is 1.89 bits per heavy atom. The van der Waals surface area contributed by atoms with Crippen molar-refractivity contribution in [1.29, 1.82) is 0 Å². The first-order valence-electron chi connectivity index (χ1n) is 10.6. The number of methoxy groups -OCH3 is 1. The number of halogens is 1. The van der Waals surface area contributed by atoms with Crippen molar-refractivity contribution in [3.05, 3.63) is 28.8 Å². The quantitative estimate of drug-likeness (QED) is 0.684. The number of cyclic esters (lactones) is 1. The summed E-state index contributed by atoms with van der Waals surface area (Å²) in [6.07, 6.45) is 5.80. The molecule has 0 aromatic heterocycles. The Labute approximate surface area is 172 Å². The van der Waals surface area contributed by atoms with Gasteiger partial charge in [0.25, 0.3) is 0 Å². The number of nitrogens with zero attached hydrogens (tertiary/aromatic N) is 2. The summed E-state index contributed by atoms with van der Waals surface area (Å²) in [5.41, 5.74) is 1.19. The van der Waals surface area contributed by atoms with Gasteiger partial charge in [-0.15, -0.1) is 0 Å². The highest BCUT2D eigenvalue weighted by Gasteiger charge is 2.33. The lowest BCUT2D eigenvalue weighted by molar-refractivity contribution is 0.0254. The number of piperidine rings is 1. The fourth-order valence-electron chi connectivity index (χ4n) is 4.47. The minimum absolute atomic E-state index is 0.114. The largest absolute Gasteiger partial charge is 0.497 e. The third-order valence-electron chi connectivity index (χ3n) is 6.34. The van der Waals surface area contributed by atoms with Gasteiger partial charge in [0.1, 0.15) is 5.75 Å². The van der Waals surface area contributed by atoms with E-state index in [1.807, 2.05) is 17.0 Å². The fourth-order valence-corrected chi connectivity index (χ4v) is 4.67. The summed E-state index contributed by atoms with van der Waals surface area (Å²) in [5, 5.41) is 0.836. The predicted octanol–water partition coefficient (Wildman–Crippen LogP) is 4.08. The van der Waals surface area contributed by atoms with Crippen LogP contribution in [0.2, 0.25) is 5.02 Å². The summed E-state index contributed by atoms with van der Waals surface area (Å²) in [4.78, 5) is 16.4. The third-order valence-corrected chi connectivity index (χ3v) is 6.71. The van der Waals surface area contributed by atoms with Gasteiger partial charge in [0.2, 0.25) is 0 Å². The van der Waals surface area contributed by atoms with Gasteiger partial charge in [-0.05, 0) is 80.8 Å². The zero-order chi connectivity index (χ0) is 19.5. The molecule has 1 amide bonds. The van der Waals surface area contributed by atoms with Crippen LogP contribution in [0.5, 0.6) is 5.75 Å². The van der Waals surface area contributed by atoms with Gasteiger partial charge in [-0.2, -0.15) is 0 Å². The second-order valence-electron chi connectivity index (χ2n) is 8.70. The molecule has 3 fully saturated rings. The number of hydrogen-bond acceptors (Lipinski definition) is 4. The normalized spacial score (nSPS) is 24.3. The molecule has 28 heavy (non-hydrogen) atoms. The molecular weight excluding hydrogens is 376 g/mol. The van der Waals surface area contributed by atoms with Gasteiger partial charge >= 0.3 is 6.09 Å². The van der Waals surface area contributed by atoms with Crippen LogP contribution in [-0.4, -0.2) is 62.3 Å². The highest BCUT2D eigenvalue weighted by atomic mass is 35.5. The molecule has 1 atom stereocenters. The maximum absolute atomic E-state index is 12.0. The number of likely N-dealkylation sites (tertiary alicyclic amines) is 1. The molecule has 6 heteroatoms. The molecule has 2 aliphatic heterocycles. The lowest BCUT2D eigenvalue weighted by atomic mass is 9.89. The molecule has 1 aliphatic carbocycles. The monoisotopic (exact) mass is 406 g/mol. The van der Waals surface area contributed by atoms with Crippen molar-refractivity contribution < 1.29 is 14.3 Å². The lowest BCUT2D eigenvalue weighted by Crippen LogP contribution is -2.48. The van der Waals surface area contributed by atoms with Crippen LogP contribution in [0.1, 0.15) is 31.2 Å². The number of rotatable bonds is 7. The van der Waals surface area contributed by atoms with Crippen molar-refractivity contribution in [2.45, 2.75) is 32.1 Å². The number of amides is 1. The molecule has 0 spiro atoms. The van der Waals surface area contributed by atoms with Crippen molar-refractivity contribution in [2.24, 2.45) is 17.8 Å². The van der Waals surface area contributed by atoms with E-state index in [-0.39, 0.29) is 6.09 Å². The topological polar surface area (TPSA) is 42.0 Å². The minimum Gasteiger partial charge on any atom is -0.497 e. The molecule has 5 nitrogen and oxygen atoms in total. The first-order chi connectivity index (χ1) is 13.6. The summed E-state index contributed by atoms with van der Waals surface area (Å²) >= 11 is 6.38. The van der Waals surface area contributed by atoms with E-state index in [4.69, 9.17) is 21.1 Å². The SMILES string of the molecule is COc1ccc(Cl)c(CC2CCN(CC3COC(=O)N(CC4CC4)C3)CC2)c1. The van der Waals surface area contributed by atoms with Crippen molar-refractivity contribution in [3.63, 3.8) is 0 Å². The average molecular weight is 407 g/mol. The Bertz CT molecular complexity index is 686. The van der Waals surface area contributed by atoms with Gasteiger partial charge < -0.3 is 19.3 Å². The molecule has 0 bridgehead atoms. The molecule has 1 saturated carbocycles. The van der Waals surface area contributed by atoms with E-state index >= 15 is 0 Å².